The summed E-state index contributed by atoms with van der Waals surface area (Å²) in [5, 5.41) is 9.66. The fourth-order valence-corrected chi connectivity index (χ4v) is 3.19. The molecule has 0 radical (unpaired) electrons. The van der Waals surface area contributed by atoms with E-state index in [0.717, 1.165) is 30.9 Å². The molecular formula is C22H26N2O4. The number of nitrogens with zero attached hydrogens (tertiary/aromatic N) is 1. The monoisotopic (exact) mass is 382 g/mol. The van der Waals surface area contributed by atoms with Crippen LogP contribution in [0.4, 0.5) is 0 Å². The zero-order chi connectivity index (χ0) is 20.5. The number of benzene rings is 2. The lowest BCUT2D eigenvalue weighted by Gasteiger charge is -2.20. The third kappa shape index (κ3) is 5.27. The van der Waals surface area contributed by atoms with Crippen LogP contribution in [0.3, 0.4) is 0 Å². The second kappa shape index (κ2) is 10.4. The minimum absolute atomic E-state index is 0.0993. The van der Waals surface area contributed by atoms with Gasteiger partial charge in [-0.1, -0.05) is 42.0 Å². The molecule has 0 aliphatic carbocycles. The van der Waals surface area contributed by atoms with Crippen LogP contribution < -0.4 is 5.32 Å². The zero-order valence-electron chi connectivity index (χ0n) is 16.2. The number of aldehydes is 1. The van der Waals surface area contributed by atoms with Gasteiger partial charge in [-0.05, 0) is 43.0 Å². The third-order valence-corrected chi connectivity index (χ3v) is 4.69. The second-order valence-corrected chi connectivity index (χ2v) is 6.56. The van der Waals surface area contributed by atoms with Crippen molar-refractivity contribution in [1.82, 2.24) is 10.2 Å². The minimum Gasteiger partial charge on any atom is -0.400 e. The molecule has 1 fully saturated rings. The van der Waals surface area contributed by atoms with Crippen LogP contribution in [-0.4, -0.2) is 54.3 Å². The number of carbonyl (C=O) groups excluding carboxylic acids is 3. The largest absolute Gasteiger partial charge is 0.400 e. The average molecular weight is 382 g/mol. The van der Waals surface area contributed by atoms with Crippen LogP contribution in [0.1, 0.15) is 28.8 Å². The van der Waals surface area contributed by atoms with Crippen LogP contribution in [0, 0.1) is 6.92 Å². The van der Waals surface area contributed by atoms with Crippen molar-refractivity contribution >= 4 is 18.1 Å². The van der Waals surface area contributed by atoms with Crippen LogP contribution in [0.25, 0.3) is 11.1 Å². The Morgan fingerprint density at radius 3 is 2.54 bits per heavy atom. The third-order valence-electron chi connectivity index (χ3n) is 4.69. The average Bonchev–Trinajstić information content (AvgIpc) is 3.23. The van der Waals surface area contributed by atoms with Crippen LogP contribution in [0.15, 0.2) is 48.5 Å². The van der Waals surface area contributed by atoms with Gasteiger partial charge in [-0.25, -0.2) is 0 Å². The minimum atomic E-state index is -0.357. The van der Waals surface area contributed by atoms with Crippen molar-refractivity contribution in [1.29, 1.82) is 0 Å². The number of hydrogen-bond donors (Lipinski definition) is 2. The number of aliphatic hydroxyl groups is 1. The van der Waals surface area contributed by atoms with Gasteiger partial charge in [-0.15, -0.1) is 0 Å². The lowest BCUT2D eigenvalue weighted by molar-refractivity contribution is -0.133. The lowest BCUT2D eigenvalue weighted by Crippen LogP contribution is -2.43. The van der Waals surface area contributed by atoms with Gasteiger partial charge in [-0.2, -0.15) is 0 Å². The molecule has 2 N–H and O–H groups in total. The highest BCUT2D eigenvalue weighted by Gasteiger charge is 2.28. The number of rotatable bonds is 5. The maximum atomic E-state index is 12.4. The van der Waals surface area contributed by atoms with Crippen molar-refractivity contribution in [3.8, 4) is 11.1 Å². The summed E-state index contributed by atoms with van der Waals surface area (Å²) in [6, 6.07) is 15.0. The van der Waals surface area contributed by atoms with Crippen LogP contribution >= 0.6 is 0 Å². The molecule has 0 spiro atoms. The van der Waals surface area contributed by atoms with E-state index in [2.05, 4.69) is 5.32 Å². The molecule has 148 valence electrons. The number of likely N-dealkylation sites (tertiary alicyclic amines) is 1. The molecule has 2 amide bonds. The van der Waals surface area contributed by atoms with E-state index < -0.39 is 0 Å². The summed E-state index contributed by atoms with van der Waals surface area (Å²) in [5.41, 5.74) is 3.66. The number of nitrogens with one attached hydrogen (secondary N) is 1. The Hall–Kier alpha value is -2.99. The van der Waals surface area contributed by atoms with Crippen molar-refractivity contribution < 1.29 is 19.5 Å². The summed E-state index contributed by atoms with van der Waals surface area (Å²) in [4.78, 5) is 37.2. The summed E-state index contributed by atoms with van der Waals surface area (Å²) < 4.78 is 0. The Balaban J connectivity index is 0.00000136. The van der Waals surface area contributed by atoms with Gasteiger partial charge < -0.3 is 20.1 Å². The molecule has 0 bridgehead atoms. The van der Waals surface area contributed by atoms with Crippen LogP contribution in [0.2, 0.25) is 0 Å². The van der Waals surface area contributed by atoms with E-state index in [1.807, 2.05) is 49.4 Å². The number of amides is 2. The fraction of sp³-hybridized carbons (Fsp3) is 0.318. The Morgan fingerprint density at radius 1 is 1.14 bits per heavy atom. The second-order valence-electron chi connectivity index (χ2n) is 6.56. The summed E-state index contributed by atoms with van der Waals surface area (Å²) in [7, 11) is 1.00. The Morgan fingerprint density at radius 2 is 1.86 bits per heavy atom. The molecule has 0 aromatic heterocycles. The molecule has 1 atom stereocenters. The van der Waals surface area contributed by atoms with Gasteiger partial charge in [-0.3, -0.25) is 9.59 Å². The maximum absolute atomic E-state index is 12.4. The number of carbonyl (C=O) groups is 3. The molecule has 1 saturated heterocycles. The molecule has 1 aliphatic heterocycles. The van der Waals surface area contributed by atoms with E-state index in [1.165, 1.54) is 10.5 Å². The number of hydrogen-bond acceptors (Lipinski definition) is 4. The standard InChI is InChI=1S/C21H22N2O3.CH4O/c1-15-7-9-16(10-8-15)17-4-2-5-18(12-17)21(26)22-13-20(25)23-11-3-6-19(23)14-24;1-2/h2,4-5,7-10,12,14,19H,3,6,11,13H2,1H3,(H,22,26);2H,1H3. The lowest BCUT2D eigenvalue weighted by atomic mass is 10.0. The van der Waals surface area contributed by atoms with E-state index in [4.69, 9.17) is 5.11 Å². The predicted octanol–water partition coefficient (Wildman–Crippen LogP) is 2.19. The molecule has 6 nitrogen and oxygen atoms in total. The van der Waals surface area contributed by atoms with E-state index in [0.29, 0.717) is 18.5 Å². The molecule has 0 saturated carbocycles. The summed E-state index contributed by atoms with van der Waals surface area (Å²) in [6.45, 7) is 2.50. The number of aryl methyl sites for hydroxylation is 1. The van der Waals surface area contributed by atoms with Gasteiger partial charge in [0.1, 0.15) is 6.29 Å². The molecule has 28 heavy (non-hydrogen) atoms. The van der Waals surface area contributed by atoms with Gasteiger partial charge >= 0.3 is 0 Å². The van der Waals surface area contributed by atoms with Gasteiger partial charge in [0, 0.05) is 19.2 Å². The molecular weight excluding hydrogens is 356 g/mol. The van der Waals surface area contributed by atoms with Gasteiger partial charge in [0.05, 0.1) is 12.6 Å². The first-order valence-corrected chi connectivity index (χ1v) is 9.23. The van der Waals surface area contributed by atoms with Gasteiger partial charge in [0.25, 0.3) is 5.91 Å². The van der Waals surface area contributed by atoms with E-state index >= 15 is 0 Å². The zero-order valence-corrected chi connectivity index (χ0v) is 16.2. The molecule has 1 aliphatic rings. The predicted molar refractivity (Wildman–Crippen MR) is 108 cm³/mol. The normalized spacial score (nSPS) is 15.4. The first kappa shape index (κ1) is 21.3. The van der Waals surface area contributed by atoms with E-state index in [1.54, 1.807) is 6.07 Å². The first-order chi connectivity index (χ1) is 13.6. The van der Waals surface area contributed by atoms with Crippen molar-refractivity contribution in [2.75, 3.05) is 20.2 Å². The highest BCUT2D eigenvalue weighted by atomic mass is 16.2. The molecule has 3 rings (SSSR count). The highest BCUT2D eigenvalue weighted by Crippen LogP contribution is 2.21. The van der Waals surface area contributed by atoms with Gasteiger partial charge in [0.15, 0.2) is 0 Å². The van der Waals surface area contributed by atoms with Crippen molar-refractivity contribution in [3.05, 3.63) is 59.7 Å². The molecule has 1 unspecified atom stereocenters. The summed E-state index contributed by atoms with van der Waals surface area (Å²) in [5.74, 6) is -0.517. The summed E-state index contributed by atoms with van der Waals surface area (Å²) in [6.07, 6.45) is 2.32. The highest BCUT2D eigenvalue weighted by molar-refractivity contribution is 5.97. The maximum Gasteiger partial charge on any atom is 0.251 e. The van der Waals surface area contributed by atoms with Crippen molar-refractivity contribution in [2.45, 2.75) is 25.8 Å². The van der Waals surface area contributed by atoms with Gasteiger partial charge in [0.2, 0.25) is 5.91 Å². The topological polar surface area (TPSA) is 86.7 Å². The van der Waals surface area contributed by atoms with Crippen LogP contribution in [-0.2, 0) is 9.59 Å². The fourth-order valence-electron chi connectivity index (χ4n) is 3.19. The van der Waals surface area contributed by atoms with Crippen molar-refractivity contribution in [2.24, 2.45) is 0 Å². The smallest absolute Gasteiger partial charge is 0.251 e. The Bertz CT molecular complexity index is 818. The van der Waals surface area contributed by atoms with Crippen molar-refractivity contribution in [3.63, 3.8) is 0 Å². The van der Waals surface area contributed by atoms with Crippen LogP contribution in [0.5, 0.6) is 0 Å². The quantitative estimate of drug-likeness (QED) is 0.776. The Kier molecular flexibility index (Phi) is 7.89. The SMILES string of the molecule is CO.Cc1ccc(-c2cccc(C(=O)NCC(=O)N3CCCC3C=O)c2)cc1. The molecule has 1 heterocycles. The Labute approximate surface area is 165 Å². The molecule has 2 aromatic rings. The summed E-state index contributed by atoms with van der Waals surface area (Å²) >= 11 is 0. The molecule has 6 heteroatoms. The van der Waals surface area contributed by atoms with E-state index in [-0.39, 0.29) is 24.4 Å². The molecule has 2 aromatic carbocycles. The number of aliphatic hydroxyl groups excluding tert-OH is 1. The first-order valence-electron chi connectivity index (χ1n) is 9.23. The van der Waals surface area contributed by atoms with E-state index in [9.17, 15) is 14.4 Å².